The lowest BCUT2D eigenvalue weighted by Gasteiger charge is -2.28. The van der Waals surface area contributed by atoms with E-state index in [4.69, 9.17) is 0 Å². The number of hydrogen-bond donors (Lipinski definition) is 2. The maximum atomic E-state index is 11.9. The predicted molar refractivity (Wildman–Crippen MR) is 72.5 cm³/mol. The third-order valence-corrected chi connectivity index (χ3v) is 4.17. The molecule has 2 N–H and O–H groups in total. The minimum Gasteiger partial charge on any atom is -0.352 e. The summed E-state index contributed by atoms with van der Waals surface area (Å²) in [5, 5.41) is 6.33. The van der Waals surface area contributed by atoms with Crippen LogP contribution in [0.1, 0.15) is 16.8 Å². The summed E-state index contributed by atoms with van der Waals surface area (Å²) >= 11 is 3.65. The maximum absolute atomic E-state index is 11.9. The number of nitrogens with one attached hydrogen (secondary N) is 2. The molecular weight excluding hydrogens is 280 g/mol. The molecule has 1 aromatic carbocycles. The lowest BCUT2D eigenvalue weighted by atomic mass is 9.98. The van der Waals surface area contributed by atoms with Gasteiger partial charge in [-0.2, -0.15) is 0 Å². The highest BCUT2D eigenvalue weighted by Crippen LogP contribution is 2.18. The van der Waals surface area contributed by atoms with Gasteiger partial charge in [0.1, 0.15) is 0 Å². The Morgan fingerprint density at radius 1 is 1.41 bits per heavy atom. The van der Waals surface area contributed by atoms with Crippen molar-refractivity contribution < 1.29 is 4.79 Å². The molecule has 1 amide bonds. The molecule has 1 heterocycles. The van der Waals surface area contributed by atoms with E-state index in [1.807, 2.05) is 30.3 Å². The molecule has 0 bridgehead atoms. The number of amides is 1. The second-order valence-electron chi connectivity index (χ2n) is 4.34. The Kier molecular flexibility index (Phi) is 4.57. The molecular formula is C13H17BrN2O. The van der Waals surface area contributed by atoms with Crippen LogP contribution in [0.25, 0.3) is 0 Å². The monoisotopic (exact) mass is 296 g/mol. The van der Waals surface area contributed by atoms with Crippen molar-refractivity contribution >= 4 is 21.8 Å². The Morgan fingerprint density at radius 2 is 2.18 bits per heavy atom. The lowest BCUT2D eigenvalue weighted by Crippen LogP contribution is -2.42. The molecule has 1 aliphatic heterocycles. The van der Waals surface area contributed by atoms with Gasteiger partial charge in [0, 0.05) is 23.5 Å². The molecule has 0 radical (unpaired) electrons. The first kappa shape index (κ1) is 12.6. The first-order valence-electron chi connectivity index (χ1n) is 5.95. The number of piperidine rings is 1. The average molecular weight is 297 g/mol. The highest BCUT2D eigenvalue weighted by atomic mass is 79.9. The number of halogens is 1. The van der Waals surface area contributed by atoms with Crippen LogP contribution in [0.4, 0.5) is 0 Å². The van der Waals surface area contributed by atoms with E-state index < -0.39 is 0 Å². The van der Waals surface area contributed by atoms with E-state index in [1.54, 1.807) is 0 Å². The molecule has 1 aromatic rings. The summed E-state index contributed by atoms with van der Waals surface area (Å²) in [5.41, 5.74) is 0.729. The van der Waals surface area contributed by atoms with E-state index in [1.165, 1.54) is 0 Å². The van der Waals surface area contributed by atoms with Gasteiger partial charge in [-0.1, -0.05) is 34.1 Å². The SMILES string of the molecule is O=C(NCC1CCNCC1Br)c1ccccc1. The standard InChI is InChI=1S/C13H17BrN2O/c14-12-9-15-7-6-11(12)8-16-13(17)10-4-2-1-3-5-10/h1-5,11-12,15H,6-9H2,(H,16,17). The lowest BCUT2D eigenvalue weighted by molar-refractivity contribution is 0.0945. The molecule has 2 rings (SSSR count). The van der Waals surface area contributed by atoms with Crippen molar-refractivity contribution in [2.45, 2.75) is 11.2 Å². The molecule has 92 valence electrons. The summed E-state index contributed by atoms with van der Waals surface area (Å²) in [4.78, 5) is 12.3. The van der Waals surface area contributed by atoms with Crippen LogP contribution < -0.4 is 10.6 Å². The van der Waals surface area contributed by atoms with Gasteiger partial charge in [0.15, 0.2) is 0 Å². The summed E-state index contributed by atoms with van der Waals surface area (Å²) in [7, 11) is 0. The van der Waals surface area contributed by atoms with Crippen LogP contribution in [0.15, 0.2) is 30.3 Å². The predicted octanol–water partition coefficient (Wildman–Crippen LogP) is 1.79. The van der Waals surface area contributed by atoms with Crippen LogP contribution in [0, 0.1) is 5.92 Å². The first-order valence-corrected chi connectivity index (χ1v) is 6.87. The van der Waals surface area contributed by atoms with Gasteiger partial charge in [-0.05, 0) is 31.0 Å². The van der Waals surface area contributed by atoms with Gasteiger partial charge in [-0.25, -0.2) is 0 Å². The van der Waals surface area contributed by atoms with Crippen LogP contribution >= 0.6 is 15.9 Å². The van der Waals surface area contributed by atoms with E-state index in [2.05, 4.69) is 26.6 Å². The van der Waals surface area contributed by atoms with E-state index in [0.29, 0.717) is 10.7 Å². The second-order valence-corrected chi connectivity index (χ2v) is 5.52. The number of carbonyl (C=O) groups excluding carboxylic acids is 1. The molecule has 2 unspecified atom stereocenters. The fourth-order valence-electron chi connectivity index (χ4n) is 2.02. The fraction of sp³-hybridized carbons (Fsp3) is 0.462. The van der Waals surface area contributed by atoms with E-state index in [9.17, 15) is 4.79 Å². The third-order valence-electron chi connectivity index (χ3n) is 3.10. The highest BCUT2D eigenvalue weighted by molar-refractivity contribution is 9.09. The minimum absolute atomic E-state index is 0.0174. The van der Waals surface area contributed by atoms with Gasteiger partial charge >= 0.3 is 0 Å². The van der Waals surface area contributed by atoms with Crippen molar-refractivity contribution in [3.05, 3.63) is 35.9 Å². The number of alkyl halides is 1. The Morgan fingerprint density at radius 3 is 2.88 bits per heavy atom. The third kappa shape index (κ3) is 3.54. The summed E-state index contributed by atoms with van der Waals surface area (Å²) < 4.78 is 0. The average Bonchev–Trinajstić information content (AvgIpc) is 2.38. The molecule has 4 heteroatoms. The minimum atomic E-state index is 0.0174. The second kappa shape index (κ2) is 6.17. The number of carbonyl (C=O) groups is 1. The summed E-state index contributed by atoms with van der Waals surface area (Å²) in [5.74, 6) is 0.535. The van der Waals surface area contributed by atoms with Crippen LogP contribution in [0.5, 0.6) is 0 Å². The van der Waals surface area contributed by atoms with E-state index in [0.717, 1.165) is 31.6 Å². The van der Waals surface area contributed by atoms with Crippen molar-refractivity contribution in [3.63, 3.8) is 0 Å². The zero-order valence-corrected chi connectivity index (χ0v) is 11.2. The van der Waals surface area contributed by atoms with E-state index >= 15 is 0 Å². The quantitative estimate of drug-likeness (QED) is 0.835. The van der Waals surface area contributed by atoms with Crippen molar-refractivity contribution in [1.29, 1.82) is 0 Å². The molecule has 1 saturated heterocycles. The molecule has 3 nitrogen and oxygen atoms in total. The molecule has 0 saturated carbocycles. The zero-order chi connectivity index (χ0) is 12.1. The number of benzene rings is 1. The Hall–Kier alpha value is -0.870. The molecule has 17 heavy (non-hydrogen) atoms. The van der Waals surface area contributed by atoms with Crippen LogP contribution in [0.3, 0.4) is 0 Å². The van der Waals surface area contributed by atoms with E-state index in [-0.39, 0.29) is 5.91 Å². The Bertz CT molecular complexity index is 369. The van der Waals surface area contributed by atoms with Crippen LogP contribution in [-0.4, -0.2) is 30.4 Å². The van der Waals surface area contributed by atoms with Gasteiger partial charge in [-0.3, -0.25) is 4.79 Å². The zero-order valence-electron chi connectivity index (χ0n) is 9.66. The number of hydrogen-bond acceptors (Lipinski definition) is 2. The summed E-state index contributed by atoms with van der Waals surface area (Å²) in [6.45, 7) is 2.76. The highest BCUT2D eigenvalue weighted by Gasteiger charge is 2.22. The van der Waals surface area contributed by atoms with Gasteiger partial charge < -0.3 is 10.6 Å². The normalized spacial score (nSPS) is 24.3. The van der Waals surface area contributed by atoms with Crippen LogP contribution in [0.2, 0.25) is 0 Å². The largest absolute Gasteiger partial charge is 0.352 e. The molecule has 0 aliphatic carbocycles. The van der Waals surface area contributed by atoms with Gasteiger partial charge in [0.25, 0.3) is 5.91 Å². The van der Waals surface area contributed by atoms with Crippen molar-refractivity contribution in [2.24, 2.45) is 5.92 Å². The Balaban J connectivity index is 1.84. The topological polar surface area (TPSA) is 41.1 Å². The van der Waals surface area contributed by atoms with Gasteiger partial charge in [0.05, 0.1) is 0 Å². The van der Waals surface area contributed by atoms with Gasteiger partial charge in [0.2, 0.25) is 0 Å². The maximum Gasteiger partial charge on any atom is 0.251 e. The fourth-order valence-corrected chi connectivity index (χ4v) is 2.70. The van der Waals surface area contributed by atoms with Crippen LogP contribution in [-0.2, 0) is 0 Å². The molecule has 2 atom stereocenters. The Labute approximate surface area is 110 Å². The van der Waals surface area contributed by atoms with Crippen molar-refractivity contribution in [3.8, 4) is 0 Å². The van der Waals surface area contributed by atoms with Gasteiger partial charge in [-0.15, -0.1) is 0 Å². The molecule has 1 fully saturated rings. The smallest absolute Gasteiger partial charge is 0.251 e. The summed E-state index contributed by atoms with van der Waals surface area (Å²) in [6, 6.07) is 9.35. The molecule has 0 aromatic heterocycles. The van der Waals surface area contributed by atoms with Crippen molar-refractivity contribution in [2.75, 3.05) is 19.6 Å². The number of rotatable bonds is 3. The first-order chi connectivity index (χ1) is 8.27. The summed E-state index contributed by atoms with van der Waals surface area (Å²) in [6.07, 6.45) is 1.10. The molecule has 1 aliphatic rings. The molecule has 0 spiro atoms. The van der Waals surface area contributed by atoms with Crippen molar-refractivity contribution in [1.82, 2.24) is 10.6 Å².